The predicted octanol–water partition coefficient (Wildman–Crippen LogP) is 2.59. The van der Waals surface area contributed by atoms with Gasteiger partial charge in [0.05, 0.1) is 0 Å². The fraction of sp³-hybridized carbons (Fsp3) is 0.500. The van der Waals surface area contributed by atoms with Crippen LogP contribution in [0.4, 0.5) is 4.39 Å². The fourth-order valence-corrected chi connectivity index (χ4v) is 1.45. The van der Waals surface area contributed by atoms with Gasteiger partial charge >= 0.3 is 0 Å². The monoisotopic (exact) mass is 245 g/mol. The third-order valence-corrected chi connectivity index (χ3v) is 2.72. The first-order valence-corrected chi connectivity index (χ1v) is 5.58. The second-order valence-corrected chi connectivity index (χ2v) is 5.07. The summed E-state index contributed by atoms with van der Waals surface area (Å²) in [6, 6.07) is 4.30. The van der Waals surface area contributed by atoms with Gasteiger partial charge in [0.2, 0.25) is 0 Å². The average Bonchev–Trinajstić information content (AvgIpc) is 2.23. The van der Waals surface area contributed by atoms with E-state index in [9.17, 15) is 4.39 Å². The first kappa shape index (κ1) is 13.4. The molecule has 0 aromatic heterocycles. The summed E-state index contributed by atoms with van der Waals surface area (Å²) in [5.74, 6) is -0.289. The van der Waals surface area contributed by atoms with Crippen molar-refractivity contribution in [3.8, 4) is 0 Å². The number of halogens is 2. The van der Waals surface area contributed by atoms with Crippen LogP contribution in [0, 0.1) is 11.2 Å². The zero-order chi connectivity index (χ0) is 12.2. The van der Waals surface area contributed by atoms with Gasteiger partial charge in [-0.25, -0.2) is 4.39 Å². The van der Waals surface area contributed by atoms with Crippen LogP contribution in [0.5, 0.6) is 0 Å². The number of aliphatic hydroxyl groups excluding tert-OH is 1. The average molecular weight is 246 g/mol. The van der Waals surface area contributed by atoms with Crippen LogP contribution >= 0.6 is 11.6 Å². The molecule has 1 rings (SSSR count). The van der Waals surface area contributed by atoms with E-state index in [2.05, 4.69) is 5.32 Å². The first-order valence-electron chi connectivity index (χ1n) is 5.20. The Morgan fingerprint density at radius 2 is 2.12 bits per heavy atom. The maximum Gasteiger partial charge on any atom is 0.123 e. The molecule has 0 saturated carbocycles. The fourth-order valence-electron chi connectivity index (χ4n) is 1.27. The molecule has 0 fully saturated rings. The molecule has 1 aromatic rings. The van der Waals surface area contributed by atoms with Crippen molar-refractivity contribution in [2.75, 3.05) is 13.2 Å². The Morgan fingerprint density at radius 3 is 2.75 bits per heavy atom. The molecule has 90 valence electrons. The molecule has 0 atom stereocenters. The lowest BCUT2D eigenvalue weighted by atomic mass is 9.95. The lowest BCUT2D eigenvalue weighted by Gasteiger charge is -2.22. The normalized spacial score (nSPS) is 11.8. The van der Waals surface area contributed by atoms with E-state index in [-0.39, 0.29) is 17.8 Å². The van der Waals surface area contributed by atoms with Crippen molar-refractivity contribution >= 4 is 11.6 Å². The van der Waals surface area contributed by atoms with Crippen LogP contribution in [0.15, 0.2) is 18.2 Å². The molecule has 0 unspecified atom stereocenters. The van der Waals surface area contributed by atoms with Crippen molar-refractivity contribution in [3.63, 3.8) is 0 Å². The van der Waals surface area contributed by atoms with Crippen LogP contribution < -0.4 is 5.32 Å². The highest BCUT2D eigenvalue weighted by molar-refractivity contribution is 6.31. The molecule has 2 nitrogen and oxygen atoms in total. The SMILES string of the molecule is CC(C)(CO)CNCc1cc(F)ccc1Cl. The van der Waals surface area contributed by atoms with E-state index in [1.165, 1.54) is 12.1 Å². The van der Waals surface area contributed by atoms with E-state index in [4.69, 9.17) is 16.7 Å². The Bertz CT molecular complexity index is 355. The van der Waals surface area contributed by atoms with Crippen molar-refractivity contribution in [2.45, 2.75) is 20.4 Å². The van der Waals surface area contributed by atoms with Crippen LogP contribution in [0.3, 0.4) is 0 Å². The Hall–Kier alpha value is -0.640. The summed E-state index contributed by atoms with van der Waals surface area (Å²) < 4.78 is 12.9. The Kier molecular flexibility index (Phi) is 4.71. The number of rotatable bonds is 5. The second-order valence-electron chi connectivity index (χ2n) is 4.66. The topological polar surface area (TPSA) is 32.3 Å². The van der Waals surface area contributed by atoms with E-state index < -0.39 is 0 Å². The van der Waals surface area contributed by atoms with Gasteiger partial charge in [-0.2, -0.15) is 0 Å². The van der Waals surface area contributed by atoms with E-state index >= 15 is 0 Å². The molecule has 0 aliphatic carbocycles. The molecular weight excluding hydrogens is 229 g/mol. The lowest BCUT2D eigenvalue weighted by Crippen LogP contribution is -2.31. The van der Waals surface area contributed by atoms with Gasteiger partial charge in [0, 0.05) is 30.1 Å². The van der Waals surface area contributed by atoms with Crippen LogP contribution in [0.1, 0.15) is 19.4 Å². The highest BCUT2D eigenvalue weighted by Gasteiger charge is 2.15. The van der Waals surface area contributed by atoms with Gasteiger partial charge < -0.3 is 10.4 Å². The van der Waals surface area contributed by atoms with Gasteiger partial charge in [0.15, 0.2) is 0 Å². The molecule has 16 heavy (non-hydrogen) atoms. The largest absolute Gasteiger partial charge is 0.396 e. The lowest BCUT2D eigenvalue weighted by molar-refractivity contribution is 0.156. The zero-order valence-electron chi connectivity index (χ0n) is 9.56. The quantitative estimate of drug-likeness (QED) is 0.836. The van der Waals surface area contributed by atoms with Gasteiger partial charge in [-0.3, -0.25) is 0 Å². The molecule has 4 heteroatoms. The molecule has 0 radical (unpaired) electrons. The molecule has 0 aliphatic heterocycles. The number of benzene rings is 1. The van der Waals surface area contributed by atoms with Crippen molar-refractivity contribution in [1.82, 2.24) is 5.32 Å². The summed E-state index contributed by atoms with van der Waals surface area (Å²) in [6.07, 6.45) is 0. The molecule has 0 spiro atoms. The van der Waals surface area contributed by atoms with E-state index in [1.54, 1.807) is 6.07 Å². The van der Waals surface area contributed by atoms with Crippen LogP contribution in [-0.4, -0.2) is 18.3 Å². The van der Waals surface area contributed by atoms with Crippen LogP contribution in [0.25, 0.3) is 0 Å². The molecule has 0 bridgehead atoms. The van der Waals surface area contributed by atoms with Crippen molar-refractivity contribution in [3.05, 3.63) is 34.6 Å². The van der Waals surface area contributed by atoms with E-state index in [1.807, 2.05) is 13.8 Å². The van der Waals surface area contributed by atoms with Gasteiger partial charge in [0.1, 0.15) is 5.82 Å². The van der Waals surface area contributed by atoms with Crippen molar-refractivity contribution in [2.24, 2.45) is 5.41 Å². The summed E-state index contributed by atoms with van der Waals surface area (Å²) in [6.45, 7) is 5.16. The molecule has 2 N–H and O–H groups in total. The van der Waals surface area contributed by atoms with Crippen LogP contribution in [0.2, 0.25) is 5.02 Å². The molecule has 1 aromatic carbocycles. The van der Waals surface area contributed by atoms with Crippen molar-refractivity contribution in [1.29, 1.82) is 0 Å². The highest BCUT2D eigenvalue weighted by Crippen LogP contribution is 2.17. The first-order chi connectivity index (χ1) is 7.44. The summed E-state index contributed by atoms with van der Waals surface area (Å²) >= 11 is 5.92. The third-order valence-electron chi connectivity index (χ3n) is 2.35. The van der Waals surface area contributed by atoms with E-state index in [0.717, 1.165) is 5.56 Å². The second kappa shape index (κ2) is 5.62. The Balaban J connectivity index is 2.52. The minimum Gasteiger partial charge on any atom is -0.396 e. The summed E-state index contributed by atoms with van der Waals surface area (Å²) in [5.41, 5.74) is 0.551. The maximum atomic E-state index is 12.9. The Morgan fingerprint density at radius 1 is 1.44 bits per heavy atom. The summed E-state index contributed by atoms with van der Waals surface area (Å²) in [5, 5.41) is 12.8. The number of hydrogen-bond donors (Lipinski definition) is 2. The van der Waals surface area contributed by atoms with Gasteiger partial charge in [-0.1, -0.05) is 25.4 Å². The third kappa shape index (κ3) is 4.08. The predicted molar refractivity (Wildman–Crippen MR) is 64.0 cm³/mol. The van der Waals surface area contributed by atoms with Gasteiger partial charge in [-0.15, -0.1) is 0 Å². The zero-order valence-corrected chi connectivity index (χ0v) is 10.3. The minimum atomic E-state index is -0.289. The number of aliphatic hydroxyl groups is 1. The maximum absolute atomic E-state index is 12.9. The smallest absolute Gasteiger partial charge is 0.123 e. The van der Waals surface area contributed by atoms with Crippen LogP contribution in [-0.2, 0) is 6.54 Å². The summed E-state index contributed by atoms with van der Waals surface area (Å²) in [4.78, 5) is 0. The molecule has 0 amide bonds. The molecular formula is C12H17ClFNO. The van der Waals surface area contributed by atoms with Gasteiger partial charge in [-0.05, 0) is 23.8 Å². The van der Waals surface area contributed by atoms with E-state index in [0.29, 0.717) is 18.1 Å². The molecule has 0 saturated heterocycles. The summed E-state index contributed by atoms with van der Waals surface area (Å²) in [7, 11) is 0. The Labute approximate surface area is 100 Å². The van der Waals surface area contributed by atoms with Gasteiger partial charge in [0.25, 0.3) is 0 Å². The van der Waals surface area contributed by atoms with Crippen molar-refractivity contribution < 1.29 is 9.50 Å². The number of hydrogen-bond acceptors (Lipinski definition) is 2. The highest BCUT2D eigenvalue weighted by atomic mass is 35.5. The minimum absolute atomic E-state index is 0.108. The molecule has 0 aliphatic rings. The standard InChI is InChI=1S/C12H17ClFNO/c1-12(2,8-16)7-15-6-9-5-10(14)3-4-11(9)13/h3-5,15-16H,6-8H2,1-2H3. The number of nitrogens with one attached hydrogen (secondary N) is 1. The molecule has 0 heterocycles.